The molecule has 0 spiro atoms. The van der Waals surface area contributed by atoms with Crippen LogP contribution in [0.3, 0.4) is 0 Å². The van der Waals surface area contributed by atoms with Crippen molar-refractivity contribution in [1.82, 2.24) is 9.97 Å². The van der Waals surface area contributed by atoms with Crippen LogP contribution in [0.1, 0.15) is 11.3 Å². The van der Waals surface area contributed by atoms with Crippen molar-refractivity contribution in [2.24, 2.45) is 0 Å². The third-order valence-electron chi connectivity index (χ3n) is 3.05. The van der Waals surface area contributed by atoms with Crippen molar-refractivity contribution < 1.29 is 14.4 Å². The lowest BCUT2D eigenvalue weighted by molar-refractivity contribution is -0.386. The highest BCUT2D eigenvalue weighted by molar-refractivity contribution is 6.32. The van der Waals surface area contributed by atoms with Crippen LogP contribution in [0.4, 0.5) is 5.69 Å². The Kier molecular flexibility index (Phi) is 3.62. The molecule has 1 aliphatic heterocycles. The first-order chi connectivity index (χ1) is 11.0. The average molecular weight is 338 g/mol. The van der Waals surface area contributed by atoms with Gasteiger partial charge in [0.25, 0.3) is 0 Å². The van der Waals surface area contributed by atoms with Crippen LogP contribution in [-0.2, 0) is 0 Å². The van der Waals surface area contributed by atoms with E-state index >= 15 is 0 Å². The Morgan fingerprint density at radius 1 is 1.17 bits per heavy atom. The van der Waals surface area contributed by atoms with Gasteiger partial charge in [-0.15, -0.1) is 0 Å². The molecule has 1 aromatic carbocycles. The zero-order valence-electron chi connectivity index (χ0n) is 11.3. The van der Waals surface area contributed by atoms with Crippen LogP contribution in [0.25, 0.3) is 12.2 Å². The van der Waals surface area contributed by atoms with Crippen molar-refractivity contribution in [2.45, 2.75) is 0 Å². The van der Waals surface area contributed by atoms with Crippen LogP contribution in [0.2, 0.25) is 5.02 Å². The van der Waals surface area contributed by atoms with Crippen LogP contribution >= 0.6 is 11.6 Å². The lowest BCUT2D eigenvalue weighted by atomic mass is 10.1. The molecule has 1 aromatic heterocycles. The fourth-order valence-electron chi connectivity index (χ4n) is 2.03. The molecule has 0 atom stereocenters. The molecule has 0 saturated heterocycles. The number of nitro groups is 1. The summed E-state index contributed by atoms with van der Waals surface area (Å²) in [5.74, 6) is 0.964. The number of hydrogen-bond donors (Lipinski definition) is 2. The number of nitrogens with one attached hydrogen (secondary N) is 2. The second-order valence-corrected chi connectivity index (χ2v) is 4.90. The second-order valence-electron chi connectivity index (χ2n) is 4.49. The summed E-state index contributed by atoms with van der Waals surface area (Å²) in [6.07, 6.45) is 2.64. The Bertz CT molecular complexity index is 946. The molecule has 9 nitrogen and oxygen atoms in total. The summed E-state index contributed by atoms with van der Waals surface area (Å²) in [6.45, 7) is 0.0751. The maximum atomic E-state index is 11.5. The monoisotopic (exact) mass is 337 g/mol. The first-order valence-electron chi connectivity index (χ1n) is 6.24. The summed E-state index contributed by atoms with van der Waals surface area (Å²) in [5.41, 5.74) is -2.46. The molecule has 0 aliphatic carbocycles. The smallest absolute Gasteiger partial charge is 0.357 e. The van der Waals surface area contributed by atoms with Crippen molar-refractivity contribution in [2.75, 3.05) is 6.79 Å². The maximum Gasteiger partial charge on any atom is 0.357 e. The number of aromatic amines is 2. The molecule has 0 amide bonds. The van der Waals surface area contributed by atoms with Gasteiger partial charge in [-0.2, -0.15) is 0 Å². The number of aromatic nitrogens is 2. The number of fused-ring (bicyclic) bond motifs is 1. The highest BCUT2D eigenvalue weighted by Gasteiger charge is 2.19. The van der Waals surface area contributed by atoms with Crippen LogP contribution in [0, 0.1) is 10.1 Å². The molecule has 2 heterocycles. The van der Waals surface area contributed by atoms with E-state index in [9.17, 15) is 19.7 Å². The minimum absolute atomic E-state index is 0.0751. The minimum Gasteiger partial charge on any atom is -0.454 e. The molecule has 118 valence electrons. The lowest BCUT2D eigenvalue weighted by Crippen LogP contribution is -2.25. The van der Waals surface area contributed by atoms with Crippen molar-refractivity contribution in [1.29, 1.82) is 0 Å². The van der Waals surface area contributed by atoms with Gasteiger partial charge in [-0.05, 0) is 17.7 Å². The topological polar surface area (TPSA) is 127 Å². The molecule has 0 radical (unpaired) electrons. The van der Waals surface area contributed by atoms with Crippen molar-refractivity contribution in [3.63, 3.8) is 0 Å². The first kappa shape index (κ1) is 14.9. The molecule has 0 unspecified atom stereocenters. The molecule has 2 aromatic rings. The molecule has 10 heteroatoms. The van der Waals surface area contributed by atoms with Gasteiger partial charge in [0, 0.05) is 6.07 Å². The zero-order valence-corrected chi connectivity index (χ0v) is 12.0. The molecule has 23 heavy (non-hydrogen) atoms. The number of benzene rings is 1. The van der Waals surface area contributed by atoms with E-state index in [2.05, 4.69) is 4.98 Å². The Hall–Kier alpha value is -3.07. The van der Waals surface area contributed by atoms with E-state index in [4.69, 9.17) is 21.1 Å². The maximum absolute atomic E-state index is 11.5. The van der Waals surface area contributed by atoms with E-state index in [0.29, 0.717) is 22.1 Å². The van der Waals surface area contributed by atoms with Gasteiger partial charge >= 0.3 is 16.9 Å². The molecule has 0 saturated carbocycles. The van der Waals surface area contributed by atoms with E-state index < -0.39 is 21.9 Å². The van der Waals surface area contributed by atoms with Crippen LogP contribution in [-0.4, -0.2) is 21.7 Å². The summed E-state index contributed by atoms with van der Waals surface area (Å²) in [4.78, 5) is 36.9. The fraction of sp³-hybridized carbons (Fsp3) is 0.0769. The summed E-state index contributed by atoms with van der Waals surface area (Å²) in [5, 5.41) is 11.3. The highest BCUT2D eigenvalue weighted by Crippen LogP contribution is 2.37. The quantitative estimate of drug-likeness (QED) is 0.645. The van der Waals surface area contributed by atoms with Gasteiger partial charge < -0.3 is 14.5 Å². The largest absolute Gasteiger partial charge is 0.454 e. The van der Waals surface area contributed by atoms with Crippen molar-refractivity contribution in [3.05, 3.63) is 59.4 Å². The normalized spacial score (nSPS) is 12.7. The van der Waals surface area contributed by atoms with Crippen LogP contribution < -0.4 is 20.7 Å². The van der Waals surface area contributed by atoms with Gasteiger partial charge in [-0.3, -0.25) is 19.9 Å². The van der Waals surface area contributed by atoms with E-state index in [1.807, 2.05) is 0 Å². The number of halogens is 1. The summed E-state index contributed by atoms with van der Waals surface area (Å²) < 4.78 is 10.4. The van der Waals surface area contributed by atoms with E-state index in [-0.39, 0.29) is 12.5 Å². The van der Waals surface area contributed by atoms with E-state index in [0.717, 1.165) is 0 Å². The second kappa shape index (κ2) is 5.61. The molecule has 0 fully saturated rings. The first-order valence-corrected chi connectivity index (χ1v) is 6.61. The number of H-pyrrole nitrogens is 2. The predicted octanol–water partition coefficient (Wildman–Crippen LogP) is 1.52. The zero-order chi connectivity index (χ0) is 16.6. The standard InChI is InChI=1S/C13H8ClN3O6/c14-7-4-10-9(22-5-23-10)3-6(7)1-2-8-11(17(20)21)12(18)16-13(19)15-8/h1-4H,5H2,(H2,15,16,18,19). The van der Waals surface area contributed by atoms with Gasteiger partial charge in [-0.25, -0.2) is 4.79 Å². The molecular formula is C13H8ClN3O6. The van der Waals surface area contributed by atoms with Gasteiger partial charge in [-0.1, -0.05) is 17.7 Å². The van der Waals surface area contributed by atoms with E-state index in [1.165, 1.54) is 12.2 Å². The Morgan fingerprint density at radius 3 is 2.57 bits per heavy atom. The van der Waals surface area contributed by atoms with Gasteiger partial charge in [0.2, 0.25) is 6.79 Å². The van der Waals surface area contributed by atoms with Crippen molar-refractivity contribution in [3.8, 4) is 11.5 Å². The SMILES string of the molecule is O=c1[nH]c(C=Cc2cc3c(cc2Cl)OCO3)c([N+](=O)[O-])c(=O)[nH]1. The molecule has 3 rings (SSSR count). The molecule has 2 N–H and O–H groups in total. The summed E-state index contributed by atoms with van der Waals surface area (Å²) >= 11 is 6.08. The number of rotatable bonds is 3. The highest BCUT2D eigenvalue weighted by atomic mass is 35.5. The average Bonchev–Trinajstić information content (AvgIpc) is 2.90. The lowest BCUT2D eigenvalue weighted by Gasteiger charge is -2.01. The molecule has 1 aliphatic rings. The van der Waals surface area contributed by atoms with Gasteiger partial charge in [0.05, 0.1) is 9.95 Å². The number of hydrogen-bond acceptors (Lipinski definition) is 6. The summed E-state index contributed by atoms with van der Waals surface area (Å²) in [7, 11) is 0. The van der Waals surface area contributed by atoms with Gasteiger partial charge in [0.15, 0.2) is 11.5 Å². The van der Waals surface area contributed by atoms with Crippen molar-refractivity contribution >= 4 is 29.4 Å². The summed E-state index contributed by atoms with van der Waals surface area (Å²) in [6, 6.07) is 3.12. The van der Waals surface area contributed by atoms with Gasteiger partial charge in [0.1, 0.15) is 5.69 Å². The third kappa shape index (κ3) is 2.81. The Morgan fingerprint density at radius 2 is 1.87 bits per heavy atom. The fourth-order valence-corrected chi connectivity index (χ4v) is 2.25. The third-order valence-corrected chi connectivity index (χ3v) is 3.38. The molecule has 0 bridgehead atoms. The van der Waals surface area contributed by atoms with Crippen LogP contribution in [0.5, 0.6) is 11.5 Å². The Balaban J connectivity index is 2.06. The predicted molar refractivity (Wildman–Crippen MR) is 80.8 cm³/mol. The minimum atomic E-state index is -1.09. The number of ether oxygens (including phenoxy) is 2. The van der Waals surface area contributed by atoms with Crippen LogP contribution in [0.15, 0.2) is 21.7 Å². The molecular weight excluding hydrogens is 330 g/mol. The Labute approximate surface area is 132 Å². The van der Waals surface area contributed by atoms with E-state index in [1.54, 1.807) is 17.1 Å². The number of nitrogens with zero attached hydrogens (tertiary/aromatic N) is 1.